The van der Waals surface area contributed by atoms with E-state index >= 15 is 0 Å². The van der Waals surface area contributed by atoms with Gasteiger partial charge in [0.1, 0.15) is 33.7 Å². The second kappa shape index (κ2) is 9.49. The summed E-state index contributed by atoms with van der Waals surface area (Å²) in [6.07, 6.45) is 4.14. The summed E-state index contributed by atoms with van der Waals surface area (Å²) in [6.45, 7) is 2.60. The highest BCUT2D eigenvalue weighted by molar-refractivity contribution is 9.10. The predicted octanol–water partition coefficient (Wildman–Crippen LogP) is 3.72. The molecule has 1 aromatic carbocycles. The van der Waals surface area contributed by atoms with Gasteiger partial charge in [0.05, 0.1) is 20.3 Å². The third-order valence-corrected chi connectivity index (χ3v) is 6.86. The van der Waals surface area contributed by atoms with E-state index in [1.807, 2.05) is 35.7 Å². The molecule has 4 rings (SSSR count). The van der Waals surface area contributed by atoms with Crippen LogP contribution in [0.15, 0.2) is 35.2 Å². The van der Waals surface area contributed by atoms with Crippen LogP contribution in [0.3, 0.4) is 0 Å². The Balaban J connectivity index is 1.66. The van der Waals surface area contributed by atoms with Gasteiger partial charge in [-0.3, -0.25) is 9.30 Å². The first-order chi connectivity index (χ1) is 16.3. The van der Waals surface area contributed by atoms with Gasteiger partial charge in [0.25, 0.3) is 0 Å². The third kappa shape index (κ3) is 4.27. The second-order valence-corrected chi connectivity index (χ2v) is 9.22. The van der Waals surface area contributed by atoms with Crippen molar-refractivity contribution in [1.29, 1.82) is 0 Å². The molecule has 1 aliphatic rings. The van der Waals surface area contributed by atoms with Crippen LogP contribution in [0.4, 0.5) is 10.6 Å². The number of fused-ring (bicyclic) bond motifs is 1. The van der Waals surface area contributed by atoms with Crippen LogP contribution in [0.5, 0.6) is 11.5 Å². The molecule has 3 heterocycles. The summed E-state index contributed by atoms with van der Waals surface area (Å²) >= 11 is 3.56. The van der Waals surface area contributed by atoms with E-state index in [4.69, 9.17) is 14.5 Å². The summed E-state index contributed by atoms with van der Waals surface area (Å²) in [7, 11) is 3.21. The molecule has 0 spiro atoms. The predicted molar refractivity (Wildman–Crippen MR) is 129 cm³/mol. The van der Waals surface area contributed by atoms with Gasteiger partial charge in [0.2, 0.25) is 0 Å². The molecular weight excluding hydrogens is 506 g/mol. The van der Waals surface area contributed by atoms with Gasteiger partial charge < -0.3 is 24.7 Å². The molecule has 11 heteroatoms. The number of likely N-dealkylation sites (tertiary alicyclic amines) is 1. The Morgan fingerprint density at radius 2 is 2.18 bits per heavy atom. The maximum atomic E-state index is 11.8. The van der Waals surface area contributed by atoms with Gasteiger partial charge in [0.15, 0.2) is 5.82 Å². The zero-order valence-corrected chi connectivity index (χ0v) is 20.7. The van der Waals surface area contributed by atoms with E-state index in [-0.39, 0.29) is 6.54 Å². The number of methoxy groups -OCH3 is 2. The molecule has 1 fully saturated rings. The lowest BCUT2D eigenvalue weighted by molar-refractivity contribution is -0.113. The number of nitrogens with one attached hydrogen (secondary N) is 1. The van der Waals surface area contributed by atoms with E-state index in [1.165, 1.54) is 4.90 Å². The molecule has 0 saturated carbocycles. The Morgan fingerprint density at radius 1 is 1.38 bits per heavy atom. The lowest BCUT2D eigenvalue weighted by atomic mass is 9.79. The monoisotopic (exact) mass is 531 g/mol. The smallest absolute Gasteiger partial charge is 0.407 e. The maximum Gasteiger partial charge on any atom is 0.407 e. The number of carbonyl (C=O) groups is 2. The lowest BCUT2D eigenvalue weighted by Crippen LogP contribution is -2.53. The van der Waals surface area contributed by atoms with E-state index in [9.17, 15) is 14.7 Å². The van der Waals surface area contributed by atoms with Crippen molar-refractivity contribution < 1.29 is 24.2 Å². The minimum atomic E-state index is -1.11. The standard InChI is InChI=1S/C23H26BrN5O5/c1-23(7-6-15(12-30)29(13-23)22(31)32)21-27-19(24)18-20(25-8-9-28(18)21)26-11-14-4-5-16(33-2)10-17(14)34-3/h4-5,8-10,12,15H,6-7,11,13H2,1-3H3,(H,25,26)(H,31,32). The van der Waals surface area contributed by atoms with Crippen LogP contribution in [-0.2, 0) is 16.8 Å². The van der Waals surface area contributed by atoms with Crippen molar-refractivity contribution in [1.82, 2.24) is 19.3 Å². The number of anilines is 1. The third-order valence-electron chi connectivity index (χ3n) is 6.31. The number of hydrogen-bond acceptors (Lipinski definition) is 7. The number of carbonyl (C=O) groups excluding carboxylic acids is 1. The molecule has 0 aliphatic carbocycles. The van der Waals surface area contributed by atoms with Crippen LogP contribution in [0, 0.1) is 0 Å². The molecule has 0 bridgehead atoms. The molecule has 0 radical (unpaired) electrons. The highest BCUT2D eigenvalue weighted by Gasteiger charge is 2.42. The molecule has 2 atom stereocenters. The average molecular weight is 532 g/mol. The number of halogens is 1. The maximum absolute atomic E-state index is 11.8. The Hall–Kier alpha value is -3.34. The van der Waals surface area contributed by atoms with E-state index in [1.54, 1.807) is 20.4 Å². The summed E-state index contributed by atoms with van der Waals surface area (Å²) in [5.74, 6) is 2.72. The van der Waals surface area contributed by atoms with Crippen molar-refractivity contribution in [2.24, 2.45) is 0 Å². The fourth-order valence-corrected chi connectivity index (χ4v) is 5.00. The van der Waals surface area contributed by atoms with Crippen LogP contribution in [0.1, 0.15) is 31.2 Å². The summed E-state index contributed by atoms with van der Waals surface area (Å²) in [5.41, 5.74) is 1.09. The highest BCUT2D eigenvalue weighted by atomic mass is 79.9. The first-order valence-electron chi connectivity index (χ1n) is 10.7. The van der Waals surface area contributed by atoms with Gasteiger partial charge in [-0.25, -0.2) is 14.8 Å². The Kier molecular flexibility index (Phi) is 6.65. The topological polar surface area (TPSA) is 118 Å². The molecule has 180 valence electrons. The van der Waals surface area contributed by atoms with Crippen molar-refractivity contribution in [3.05, 3.63) is 46.6 Å². The van der Waals surface area contributed by atoms with Crippen molar-refractivity contribution in [3.8, 4) is 11.5 Å². The van der Waals surface area contributed by atoms with Gasteiger partial charge in [0, 0.05) is 42.5 Å². The SMILES string of the molecule is COc1ccc(CNc2nccn3c(C4(C)CCC(C=O)N(C(=O)O)C4)nc(Br)c23)c(OC)c1. The first-order valence-corrected chi connectivity index (χ1v) is 11.5. The quantitative estimate of drug-likeness (QED) is 0.442. The summed E-state index contributed by atoms with van der Waals surface area (Å²) in [4.78, 5) is 33.6. The van der Waals surface area contributed by atoms with Crippen LogP contribution >= 0.6 is 15.9 Å². The molecule has 2 unspecified atom stereocenters. The van der Waals surface area contributed by atoms with Crippen molar-refractivity contribution in [3.63, 3.8) is 0 Å². The van der Waals surface area contributed by atoms with Gasteiger partial charge in [-0.05, 0) is 40.9 Å². The summed E-state index contributed by atoms with van der Waals surface area (Å²) in [6, 6.07) is 4.97. The molecule has 2 aromatic heterocycles. The molecule has 3 aromatic rings. The first kappa shape index (κ1) is 23.8. The largest absolute Gasteiger partial charge is 0.497 e. The fourth-order valence-electron chi connectivity index (χ4n) is 4.46. The van der Waals surface area contributed by atoms with Crippen molar-refractivity contribution in [2.45, 2.75) is 37.8 Å². The van der Waals surface area contributed by atoms with Gasteiger partial charge in [-0.2, -0.15) is 0 Å². The van der Waals surface area contributed by atoms with Crippen molar-refractivity contribution >= 4 is 39.6 Å². The number of hydrogen-bond donors (Lipinski definition) is 2. The summed E-state index contributed by atoms with van der Waals surface area (Å²) < 4.78 is 13.3. The van der Waals surface area contributed by atoms with Gasteiger partial charge >= 0.3 is 6.09 Å². The Labute approximate surface area is 205 Å². The molecule has 34 heavy (non-hydrogen) atoms. The Bertz CT molecular complexity index is 1230. The number of rotatable bonds is 7. The molecule has 10 nitrogen and oxygen atoms in total. The van der Waals surface area contributed by atoms with E-state index in [0.29, 0.717) is 53.4 Å². The molecule has 1 amide bonds. The number of imidazole rings is 1. The zero-order chi connectivity index (χ0) is 24.5. The highest BCUT2D eigenvalue weighted by Crippen LogP contribution is 2.38. The fraction of sp³-hybridized carbons (Fsp3) is 0.391. The number of nitrogens with zero attached hydrogens (tertiary/aromatic N) is 4. The van der Waals surface area contributed by atoms with E-state index in [2.05, 4.69) is 26.2 Å². The number of ether oxygens (including phenoxy) is 2. The minimum absolute atomic E-state index is 0.172. The van der Waals surface area contributed by atoms with Crippen LogP contribution in [0.2, 0.25) is 0 Å². The minimum Gasteiger partial charge on any atom is -0.497 e. The molecular formula is C23H26BrN5O5. The average Bonchev–Trinajstić information content (AvgIpc) is 3.20. The number of aromatic nitrogens is 3. The van der Waals surface area contributed by atoms with Crippen LogP contribution < -0.4 is 14.8 Å². The van der Waals surface area contributed by atoms with Crippen LogP contribution in [0.25, 0.3) is 5.52 Å². The number of aldehydes is 1. The van der Waals surface area contributed by atoms with E-state index in [0.717, 1.165) is 11.1 Å². The Morgan fingerprint density at radius 3 is 2.85 bits per heavy atom. The van der Waals surface area contributed by atoms with Gasteiger partial charge in [-0.15, -0.1) is 0 Å². The molecule has 2 N–H and O–H groups in total. The normalized spacial score (nSPS) is 20.2. The summed E-state index contributed by atoms with van der Waals surface area (Å²) in [5, 5.41) is 13.0. The number of carboxylic acid groups (broad SMARTS) is 1. The number of benzene rings is 1. The number of amides is 1. The number of piperidine rings is 1. The van der Waals surface area contributed by atoms with Crippen LogP contribution in [-0.4, -0.2) is 63.6 Å². The van der Waals surface area contributed by atoms with Crippen molar-refractivity contribution in [2.75, 3.05) is 26.1 Å². The molecule has 1 saturated heterocycles. The second-order valence-electron chi connectivity index (χ2n) is 8.47. The molecule has 1 aliphatic heterocycles. The van der Waals surface area contributed by atoms with E-state index < -0.39 is 17.6 Å². The van der Waals surface area contributed by atoms with Gasteiger partial charge in [-0.1, -0.05) is 6.92 Å². The zero-order valence-electron chi connectivity index (χ0n) is 19.1. The lowest BCUT2D eigenvalue weighted by Gasteiger charge is -2.41.